The van der Waals surface area contributed by atoms with Crippen LogP contribution in [0.4, 0.5) is 5.95 Å². The Hall–Kier alpha value is -3.26. The SMILES string of the molecule is CCCc1nc(N2CCc3ccccc3C2)ncc1C(=O)NS(=O)(=O)c1ccc(C)cc1. The molecule has 0 saturated carbocycles. The molecule has 1 aliphatic rings. The van der Waals surface area contributed by atoms with Crippen LogP contribution in [0.25, 0.3) is 0 Å². The summed E-state index contributed by atoms with van der Waals surface area (Å²) in [6.45, 7) is 5.35. The Labute approximate surface area is 188 Å². The Morgan fingerprint density at radius 2 is 1.81 bits per heavy atom. The molecule has 3 aromatic rings. The monoisotopic (exact) mass is 450 g/mol. The fraction of sp³-hybridized carbons (Fsp3) is 0.292. The van der Waals surface area contributed by atoms with E-state index in [0.29, 0.717) is 24.6 Å². The lowest BCUT2D eigenvalue weighted by atomic mass is 10.0. The van der Waals surface area contributed by atoms with Crippen LogP contribution in [0.3, 0.4) is 0 Å². The first-order valence-corrected chi connectivity index (χ1v) is 12.2. The molecule has 0 fully saturated rings. The highest BCUT2D eigenvalue weighted by Gasteiger charge is 2.24. The lowest BCUT2D eigenvalue weighted by Gasteiger charge is -2.29. The molecular formula is C24H26N4O3S. The number of aryl methyl sites for hydroxylation is 2. The molecule has 2 aromatic carbocycles. The molecule has 0 atom stereocenters. The minimum atomic E-state index is -3.99. The molecule has 0 aliphatic carbocycles. The fourth-order valence-corrected chi connectivity index (χ4v) is 4.76. The zero-order valence-corrected chi connectivity index (χ0v) is 19.0. The number of sulfonamides is 1. The van der Waals surface area contributed by atoms with Crippen molar-refractivity contribution in [1.29, 1.82) is 0 Å². The number of carbonyl (C=O) groups excluding carboxylic acids is 1. The van der Waals surface area contributed by atoms with Crippen molar-refractivity contribution in [3.05, 3.63) is 82.7 Å². The number of nitrogens with one attached hydrogen (secondary N) is 1. The number of amides is 1. The zero-order chi connectivity index (χ0) is 22.7. The van der Waals surface area contributed by atoms with Gasteiger partial charge in [-0.3, -0.25) is 4.79 Å². The first-order chi connectivity index (χ1) is 15.4. The molecule has 0 spiro atoms. The molecular weight excluding hydrogens is 424 g/mol. The van der Waals surface area contributed by atoms with Gasteiger partial charge in [0.2, 0.25) is 5.95 Å². The number of hydrogen-bond donors (Lipinski definition) is 1. The number of anilines is 1. The molecule has 0 radical (unpaired) electrons. The molecule has 32 heavy (non-hydrogen) atoms. The van der Waals surface area contributed by atoms with Crippen LogP contribution < -0.4 is 9.62 Å². The molecule has 1 aliphatic heterocycles. The Morgan fingerprint density at radius 3 is 2.53 bits per heavy atom. The molecule has 0 unspecified atom stereocenters. The van der Waals surface area contributed by atoms with Gasteiger partial charge in [0.05, 0.1) is 16.2 Å². The van der Waals surface area contributed by atoms with Gasteiger partial charge in [0.1, 0.15) is 0 Å². The van der Waals surface area contributed by atoms with Gasteiger partial charge in [0.25, 0.3) is 15.9 Å². The normalized spacial score (nSPS) is 13.5. The molecule has 2 heterocycles. The second-order valence-electron chi connectivity index (χ2n) is 7.97. The summed E-state index contributed by atoms with van der Waals surface area (Å²) in [4.78, 5) is 24.1. The van der Waals surface area contributed by atoms with E-state index in [4.69, 9.17) is 0 Å². The summed E-state index contributed by atoms with van der Waals surface area (Å²) in [5.41, 5.74) is 4.24. The summed E-state index contributed by atoms with van der Waals surface area (Å²) in [6.07, 6.45) is 3.66. The third-order valence-electron chi connectivity index (χ3n) is 5.56. The van der Waals surface area contributed by atoms with Gasteiger partial charge < -0.3 is 4.90 Å². The predicted molar refractivity (Wildman–Crippen MR) is 123 cm³/mol. The third-order valence-corrected chi connectivity index (χ3v) is 6.91. The lowest BCUT2D eigenvalue weighted by Crippen LogP contribution is -2.34. The largest absolute Gasteiger partial charge is 0.336 e. The van der Waals surface area contributed by atoms with Crippen molar-refractivity contribution in [2.75, 3.05) is 11.4 Å². The highest BCUT2D eigenvalue weighted by molar-refractivity contribution is 7.90. The van der Waals surface area contributed by atoms with Gasteiger partial charge in [-0.15, -0.1) is 0 Å². The number of benzene rings is 2. The maximum Gasteiger partial charge on any atom is 0.268 e. The summed E-state index contributed by atoms with van der Waals surface area (Å²) in [6, 6.07) is 14.6. The molecule has 8 heteroatoms. The number of carbonyl (C=O) groups is 1. The molecule has 0 saturated heterocycles. The molecule has 1 amide bonds. The summed E-state index contributed by atoms with van der Waals surface area (Å²) in [5.74, 6) is -0.162. The molecule has 1 aromatic heterocycles. The average Bonchev–Trinajstić information content (AvgIpc) is 2.79. The number of nitrogens with zero attached hydrogens (tertiary/aromatic N) is 3. The summed E-state index contributed by atoms with van der Waals surface area (Å²) in [7, 11) is -3.99. The Bertz CT molecular complexity index is 1240. The highest BCUT2D eigenvalue weighted by atomic mass is 32.2. The predicted octanol–water partition coefficient (Wildman–Crippen LogP) is 3.42. The number of fused-ring (bicyclic) bond motifs is 1. The molecule has 166 valence electrons. The summed E-state index contributed by atoms with van der Waals surface area (Å²) in [5, 5.41) is 0. The summed E-state index contributed by atoms with van der Waals surface area (Å²) >= 11 is 0. The van der Waals surface area contributed by atoms with Crippen LogP contribution in [0.5, 0.6) is 0 Å². The maximum atomic E-state index is 12.9. The lowest BCUT2D eigenvalue weighted by molar-refractivity contribution is 0.0979. The quantitative estimate of drug-likeness (QED) is 0.619. The van der Waals surface area contributed by atoms with Crippen molar-refractivity contribution in [3.63, 3.8) is 0 Å². The fourth-order valence-electron chi connectivity index (χ4n) is 3.80. The maximum absolute atomic E-state index is 12.9. The van der Waals surface area contributed by atoms with Gasteiger partial charge in [-0.1, -0.05) is 55.3 Å². The van der Waals surface area contributed by atoms with Crippen molar-refractivity contribution in [2.24, 2.45) is 0 Å². The van der Waals surface area contributed by atoms with Crippen LogP contribution in [-0.4, -0.2) is 30.8 Å². The first-order valence-electron chi connectivity index (χ1n) is 10.7. The number of aromatic nitrogens is 2. The van der Waals surface area contributed by atoms with E-state index in [1.165, 1.54) is 29.5 Å². The second kappa shape index (κ2) is 9.08. The second-order valence-corrected chi connectivity index (χ2v) is 9.65. The van der Waals surface area contributed by atoms with E-state index >= 15 is 0 Å². The Morgan fingerprint density at radius 1 is 1.09 bits per heavy atom. The first kappa shape index (κ1) is 22.0. The van der Waals surface area contributed by atoms with Gasteiger partial charge in [-0.25, -0.2) is 23.1 Å². The van der Waals surface area contributed by atoms with Crippen LogP contribution in [0.1, 0.15) is 46.1 Å². The molecule has 0 bridgehead atoms. The van der Waals surface area contributed by atoms with E-state index in [-0.39, 0.29) is 10.5 Å². The molecule has 1 N–H and O–H groups in total. The van der Waals surface area contributed by atoms with E-state index in [1.807, 2.05) is 26.0 Å². The van der Waals surface area contributed by atoms with Crippen molar-refractivity contribution >= 4 is 21.9 Å². The van der Waals surface area contributed by atoms with Crippen molar-refractivity contribution in [3.8, 4) is 0 Å². The minimum absolute atomic E-state index is 0.0398. The van der Waals surface area contributed by atoms with Crippen LogP contribution in [0.15, 0.2) is 59.6 Å². The third kappa shape index (κ3) is 4.65. The number of rotatable bonds is 6. The topological polar surface area (TPSA) is 92.3 Å². The summed E-state index contributed by atoms with van der Waals surface area (Å²) < 4.78 is 27.5. The van der Waals surface area contributed by atoms with Crippen molar-refractivity contribution < 1.29 is 13.2 Å². The molecule has 7 nitrogen and oxygen atoms in total. The number of hydrogen-bond acceptors (Lipinski definition) is 6. The van der Waals surface area contributed by atoms with Crippen molar-refractivity contribution in [1.82, 2.24) is 14.7 Å². The smallest absolute Gasteiger partial charge is 0.268 e. The Kier molecular flexibility index (Phi) is 6.23. The van der Waals surface area contributed by atoms with E-state index < -0.39 is 15.9 Å². The van der Waals surface area contributed by atoms with Gasteiger partial charge in [0.15, 0.2) is 0 Å². The van der Waals surface area contributed by atoms with Crippen LogP contribution >= 0.6 is 0 Å². The van der Waals surface area contributed by atoms with Crippen LogP contribution in [0, 0.1) is 6.92 Å². The zero-order valence-electron chi connectivity index (χ0n) is 18.2. The van der Waals surface area contributed by atoms with E-state index in [2.05, 4.69) is 31.7 Å². The van der Waals surface area contributed by atoms with Gasteiger partial charge >= 0.3 is 0 Å². The van der Waals surface area contributed by atoms with E-state index in [9.17, 15) is 13.2 Å². The van der Waals surface area contributed by atoms with E-state index in [1.54, 1.807) is 12.1 Å². The van der Waals surface area contributed by atoms with Crippen LogP contribution in [-0.2, 0) is 29.4 Å². The highest BCUT2D eigenvalue weighted by Crippen LogP contribution is 2.23. The van der Waals surface area contributed by atoms with Gasteiger partial charge in [-0.2, -0.15) is 0 Å². The van der Waals surface area contributed by atoms with Crippen molar-refractivity contribution in [2.45, 2.75) is 44.6 Å². The van der Waals surface area contributed by atoms with Gasteiger partial charge in [0, 0.05) is 19.3 Å². The van der Waals surface area contributed by atoms with Crippen LogP contribution in [0.2, 0.25) is 0 Å². The molecule has 4 rings (SSSR count). The van der Waals surface area contributed by atoms with E-state index in [0.717, 1.165) is 24.9 Å². The Balaban J connectivity index is 1.58. The average molecular weight is 451 g/mol. The van der Waals surface area contributed by atoms with Gasteiger partial charge in [-0.05, 0) is 43.0 Å². The standard InChI is InChI=1S/C24H26N4O3S/c1-3-6-22-21(23(29)27-32(30,31)20-11-9-17(2)10-12-20)15-25-24(26-22)28-14-13-18-7-4-5-8-19(18)16-28/h4-5,7-12,15H,3,6,13-14,16H2,1-2H3,(H,27,29). The minimum Gasteiger partial charge on any atom is -0.336 e.